The summed E-state index contributed by atoms with van der Waals surface area (Å²) in [6, 6.07) is 8.73. The smallest absolute Gasteiger partial charge is 0.0345 e. The summed E-state index contributed by atoms with van der Waals surface area (Å²) < 4.78 is 1.41. The van der Waals surface area contributed by atoms with Gasteiger partial charge in [-0.25, -0.2) is 0 Å². The molecule has 0 bridgehead atoms. The maximum absolute atomic E-state index is 3.59. The van der Waals surface area contributed by atoms with Crippen LogP contribution in [0.5, 0.6) is 0 Å². The van der Waals surface area contributed by atoms with Crippen LogP contribution in [0.15, 0.2) is 29.6 Å². The van der Waals surface area contributed by atoms with Gasteiger partial charge in [0, 0.05) is 10.2 Å². The van der Waals surface area contributed by atoms with Crippen LogP contribution in [0.25, 0.3) is 10.1 Å². The first-order valence-corrected chi connectivity index (χ1v) is 8.04. The van der Waals surface area contributed by atoms with Crippen LogP contribution in [0.4, 0.5) is 0 Å². The van der Waals surface area contributed by atoms with Crippen LogP contribution in [-0.4, -0.2) is 12.1 Å². The molecule has 0 saturated heterocycles. The highest BCUT2D eigenvalue weighted by molar-refractivity contribution is 7.17. The van der Waals surface area contributed by atoms with E-state index in [9.17, 15) is 0 Å². The molecule has 2 rings (SSSR count). The number of fused-ring (bicyclic) bond motifs is 1. The monoisotopic (exact) mass is 275 g/mol. The van der Waals surface area contributed by atoms with E-state index in [4.69, 9.17) is 0 Å². The van der Waals surface area contributed by atoms with Crippen LogP contribution in [-0.2, 0) is 6.42 Å². The van der Waals surface area contributed by atoms with Gasteiger partial charge in [0.1, 0.15) is 0 Å². The SMILES string of the molecule is CC(CCc1csc2ccccc12)CNC(C)(C)C. The van der Waals surface area contributed by atoms with E-state index in [0.29, 0.717) is 0 Å². The van der Waals surface area contributed by atoms with E-state index in [1.165, 1.54) is 28.5 Å². The molecule has 104 valence electrons. The van der Waals surface area contributed by atoms with Crippen molar-refractivity contribution < 1.29 is 0 Å². The van der Waals surface area contributed by atoms with Gasteiger partial charge in [0.05, 0.1) is 0 Å². The van der Waals surface area contributed by atoms with E-state index in [1.54, 1.807) is 0 Å². The Bertz CT molecular complexity index is 521. The van der Waals surface area contributed by atoms with Gasteiger partial charge in [-0.05, 0) is 68.5 Å². The third-order valence-electron chi connectivity index (χ3n) is 3.45. The third kappa shape index (κ3) is 4.32. The summed E-state index contributed by atoms with van der Waals surface area (Å²) in [6.45, 7) is 10.1. The second kappa shape index (κ2) is 6.06. The number of benzene rings is 1. The fourth-order valence-corrected chi connectivity index (χ4v) is 3.21. The predicted octanol–water partition coefficient (Wildman–Crippen LogP) is 4.86. The van der Waals surface area contributed by atoms with E-state index >= 15 is 0 Å². The zero-order valence-electron chi connectivity index (χ0n) is 12.5. The summed E-state index contributed by atoms with van der Waals surface area (Å²) in [5, 5.41) is 7.37. The van der Waals surface area contributed by atoms with Crippen LogP contribution in [0.2, 0.25) is 0 Å². The van der Waals surface area contributed by atoms with Crippen molar-refractivity contribution in [2.24, 2.45) is 5.92 Å². The van der Waals surface area contributed by atoms with Crippen molar-refractivity contribution >= 4 is 21.4 Å². The van der Waals surface area contributed by atoms with Gasteiger partial charge in [0.15, 0.2) is 0 Å². The molecule has 1 unspecified atom stereocenters. The molecule has 0 spiro atoms. The Morgan fingerprint density at radius 2 is 1.95 bits per heavy atom. The lowest BCUT2D eigenvalue weighted by atomic mass is 9.99. The summed E-state index contributed by atoms with van der Waals surface area (Å²) in [5.74, 6) is 0.720. The fourth-order valence-electron chi connectivity index (χ4n) is 2.21. The molecule has 0 fully saturated rings. The lowest BCUT2D eigenvalue weighted by Crippen LogP contribution is -2.38. The number of aryl methyl sites for hydroxylation is 1. The Kier molecular flexibility index (Phi) is 4.64. The molecule has 1 heterocycles. The summed E-state index contributed by atoms with van der Waals surface area (Å²) >= 11 is 1.87. The van der Waals surface area contributed by atoms with Gasteiger partial charge in [0.2, 0.25) is 0 Å². The van der Waals surface area contributed by atoms with Crippen molar-refractivity contribution in [3.8, 4) is 0 Å². The average Bonchev–Trinajstić information content (AvgIpc) is 2.76. The molecule has 1 atom stereocenters. The lowest BCUT2D eigenvalue weighted by molar-refractivity contribution is 0.373. The van der Waals surface area contributed by atoms with Gasteiger partial charge in [-0.15, -0.1) is 11.3 Å². The fraction of sp³-hybridized carbons (Fsp3) is 0.529. The molecule has 0 aliphatic carbocycles. The molecule has 0 aliphatic heterocycles. The molecule has 2 aromatic rings. The molecule has 19 heavy (non-hydrogen) atoms. The number of thiophene rings is 1. The standard InChI is InChI=1S/C17H25NS/c1-13(11-18-17(2,3)4)9-10-14-12-19-16-8-6-5-7-15(14)16/h5-8,12-13,18H,9-11H2,1-4H3. The Balaban J connectivity index is 1.88. The maximum atomic E-state index is 3.59. The van der Waals surface area contributed by atoms with Crippen molar-refractivity contribution in [1.82, 2.24) is 5.32 Å². The molecule has 1 N–H and O–H groups in total. The summed E-state index contributed by atoms with van der Waals surface area (Å²) in [7, 11) is 0. The van der Waals surface area contributed by atoms with E-state index in [0.717, 1.165) is 12.5 Å². The minimum Gasteiger partial charge on any atom is -0.312 e. The quantitative estimate of drug-likeness (QED) is 0.822. The van der Waals surface area contributed by atoms with Gasteiger partial charge >= 0.3 is 0 Å². The molecular weight excluding hydrogens is 250 g/mol. The van der Waals surface area contributed by atoms with Crippen LogP contribution in [0.3, 0.4) is 0 Å². The normalized spacial score (nSPS) is 13.9. The maximum Gasteiger partial charge on any atom is 0.0345 e. The highest BCUT2D eigenvalue weighted by Gasteiger charge is 2.12. The number of hydrogen-bond donors (Lipinski definition) is 1. The van der Waals surface area contributed by atoms with Crippen molar-refractivity contribution in [2.75, 3.05) is 6.54 Å². The molecule has 0 saturated carbocycles. The van der Waals surface area contributed by atoms with Crippen molar-refractivity contribution in [3.05, 3.63) is 35.2 Å². The summed E-state index contributed by atoms with van der Waals surface area (Å²) in [5.41, 5.74) is 1.74. The van der Waals surface area contributed by atoms with E-state index in [1.807, 2.05) is 11.3 Å². The molecule has 0 radical (unpaired) electrons. The van der Waals surface area contributed by atoms with Gasteiger partial charge < -0.3 is 5.32 Å². The van der Waals surface area contributed by atoms with Crippen molar-refractivity contribution in [1.29, 1.82) is 0 Å². The average molecular weight is 275 g/mol. The minimum atomic E-state index is 0.226. The first-order valence-electron chi connectivity index (χ1n) is 7.16. The topological polar surface area (TPSA) is 12.0 Å². The molecule has 0 amide bonds. The Morgan fingerprint density at radius 1 is 1.21 bits per heavy atom. The highest BCUT2D eigenvalue weighted by Crippen LogP contribution is 2.27. The van der Waals surface area contributed by atoms with Gasteiger partial charge in [-0.2, -0.15) is 0 Å². The molecule has 1 aromatic heterocycles. The third-order valence-corrected chi connectivity index (χ3v) is 4.46. The lowest BCUT2D eigenvalue weighted by Gasteiger charge is -2.23. The van der Waals surface area contributed by atoms with Gasteiger partial charge in [-0.1, -0.05) is 25.1 Å². The largest absolute Gasteiger partial charge is 0.312 e. The van der Waals surface area contributed by atoms with Crippen LogP contribution < -0.4 is 5.32 Å². The van der Waals surface area contributed by atoms with Gasteiger partial charge in [-0.3, -0.25) is 0 Å². The van der Waals surface area contributed by atoms with Crippen LogP contribution in [0.1, 0.15) is 39.7 Å². The van der Waals surface area contributed by atoms with E-state index in [-0.39, 0.29) is 5.54 Å². The summed E-state index contributed by atoms with van der Waals surface area (Å²) in [6.07, 6.45) is 2.45. The number of hydrogen-bond acceptors (Lipinski definition) is 2. The van der Waals surface area contributed by atoms with E-state index < -0.39 is 0 Å². The Morgan fingerprint density at radius 3 is 2.68 bits per heavy atom. The first-order chi connectivity index (χ1) is 8.96. The van der Waals surface area contributed by atoms with Crippen molar-refractivity contribution in [2.45, 2.75) is 46.1 Å². The second-order valence-electron chi connectivity index (χ2n) is 6.53. The molecular formula is C17H25NS. The molecule has 0 aliphatic rings. The predicted molar refractivity (Wildman–Crippen MR) is 87.1 cm³/mol. The molecule has 1 nitrogen and oxygen atoms in total. The zero-order chi connectivity index (χ0) is 13.9. The Labute approximate surface area is 121 Å². The summed E-state index contributed by atoms with van der Waals surface area (Å²) in [4.78, 5) is 0. The highest BCUT2D eigenvalue weighted by atomic mass is 32.1. The molecule has 2 heteroatoms. The second-order valence-corrected chi connectivity index (χ2v) is 7.44. The minimum absolute atomic E-state index is 0.226. The number of rotatable bonds is 5. The molecule has 1 aromatic carbocycles. The van der Waals surface area contributed by atoms with Crippen molar-refractivity contribution in [3.63, 3.8) is 0 Å². The van der Waals surface area contributed by atoms with E-state index in [2.05, 4.69) is 62.7 Å². The van der Waals surface area contributed by atoms with Crippen LogP contribution >= 0.6 is 11.3 Å². The Hall–Kier alpha value is -0.860. The van der Waals surface area contributed by atoms with Gasteiger partial charge in [0.25, 0.3) is 0 Å². The van der Waals surface area contributed by atoms with Crippen LogP contribution in [0, 0.1) is 5.92 Å². The number of nitrogens with one attached hydrogen (secondary N) is 1. The first kappa shape index (κ1) is 14.5. The zero-order valence-corrected chi connectivity index (χ0v) is 13.3.